The van der Waals surface area contributed by atoms with Gasteiger partial charge in [0.05, 0.1) is 5.52 Å². The third-order valence-corrected chi connectivity index (χ3v) is 2.84. The average molecular weight is 279 g/mol. The highest BCUT2D eigenvalue weighted by molar-refractivity contribution is 6.28. The van der Waals surface area contributed by atoms with Gasteiger partial charge in [-0.2, -0.15) is 0 Å². The van der Waals surface area contributed by atoms with Crippen LogP contribution < -0.4 is 10.6 Å². The summed E-state index contributed by atoms with van der Waals surface area (Å²) in [7, 11) is 0. The molecule has 0 aliphatic rings. The van der Waals surface area contributed by atoms with Gasteiger partial charge in [-0.3, -0.25) is 4.79 Å². The second-order valence-corrected chi connectivity index (χ2v) is 4.46. The first-order valence-electron chi connectivity index (χ1n) is 6.08. The lowest BCUT2D eigenvalue weighted by Crippen LogP contribution is -2.37. The van der Waals surface area contributed by atoms with Crippen molar-refractivity contribution in [2.75, 3.05) is 11.9 Å². The predicted octanol–water partition coefficient (Wildman–Crippen LogP) is 2.22. The molecule has 1 heterocycles. The molecule has 2 N–H and O–H groups in total. The van der Waals surface area contributed by atoms with Crippen LogP contribution in [0.5, 0.6) is 0 Å². The van der Waals surface area contributed by atoms with E-state index in [0.29, 0.717) is 12.4 Å². The Bertz CT molecular complexity index is 602. The number of hydrogen-bond acceptors (Lipinski definition) is 4. The number of fused-ring (bicyclic) bond motifs is 1. The Morgan fingerprint density at radius 2 is 2.11 bits per heavy atom. The lowest BCUT2D eigenvalue weighted by molar-refractivity contribution is -0.121. The summed E-state index contributed by atoms with van der Waals surface area (Å²) in [6.45, 7) is 4.24. The first-order chi connectivity index (χ1) is 9.11. The molecule has 0 bridgehead atoms. The molecule has 2 aromatic rings. The zero-order valence-electron chi connectivity index (χ0n) is 10.8. The summed E-state index contributed by atoms with van der Waals surface area (Å²) >= 11 is 5.89. The highest BCUT2D eigenvalue weighted by Gasteiger charge is 2.14. The summed E-state index contributed by atoms with van der Waals surface area (Å²) in [5, 5.41) is 6.81. The number of carbonyl (C=O) groups is 1. The van der Waals surface area contributed by atoms with Crippen LogP contribution in [-0.4, -0.2) is 28.5 Å². The summed E-state index contributed by atoms with van der Waals surface area (Å²) in [6.07, 6.45) is 0. The summed E-state index contributed by atoms with van der Waals surface area (Å²) in [5.74, 6) is 0.482. The van der Waals surface area contributed by atoms with Crippen LogP contribution in [0, 0.1) is 0 Å². The SMILES string of the molecule is CCNC(=O)C(C)Nc1nc(Cl)nc2ccccc12. The van der Waals surface area contributed by atoms with Crippen LogP contribution in [0.15, 0.2) is 24.3 Å². The Morgan fingerprint density at radius 3 is 2.84 bits per heavy atom. The van der Waals surface area contributed by atoms with Crippen molar-refractivity contribution in [2.45, 2.75) is 19.9 Å². The minimum absolute atomic E-state index is 0.0821. The number of hydrogen-bond donors (Lipinski definition) is 2. The van der Waals surface area contributed by atoms with E-state index in [1.165, 1.54) is 0 Å². The number of halogens is 1. The molecule has 6 heteroatoms. The van der Waals surface area contributed by atoms with Gasteiger partial charge in [0, 0.05) is 11.9 Å². The minimum atomic E-state index is -0.394. The maximum atomic E-state index is 11.7. The molecule has 5 nitrogen and oxygen atoms in total. The Hall–Kier alpha value is -1.88. The van der Waals surface area contributed by atoms with Crippen molar-refractivity contribution in [2.24, 2.45) is 0 Å². The van der Waals surface area contributed by atoms with Crippen molar-refractivity contribution >= 4 is 34.2 Å². The van der Waals surface area contributed by atoms with Crippen LogP contribution in [0.4, 0.5) is 5.82 Å². The maximum absolute atomic E-state index is 11.7. The van der Waals surface area contributed by atoms with E-state index in [0.717, 1.165) is 10.9 Å². The van der Waals surface area contributed by atoms with Gasteiger partial charge in [-0.1, -0.05) is 12.1 Å². The van der Waals surface area contributed by atoms with Gasteiger partial charge in [0.25, 0.3) is 0 Å². The highest BCUT2D eigenvalue weighted by Crippen LogP contribution is 2.22. The number of nitrogens with one attached hydrogen (secondary N) is 2. The standard InChI is InChI=1S/C13H15ClN4O/c1-3-15-12(19)8(2)16-11-9-6-4-5-7-10(9)17-13(14)18-11/h4-8H,3H2,1-2H3,(H,15,19)(H,16,17,18). The molecule has 100 valence electrons. The molecule has 1 aromatic heterocycles. The molecule has 0 spiro atoms. The number of benzene rings is 1. The molecule has 0 saturated carbocycles. The Morgan fingerprint density at radius 1 is 1.37 bits per heavy atom. The summed E-state index contributed by atoms with van der Waals surface area (Å²) in [6, 6.07) is 7.11. The fourth-order valence-corrected chi connectivity index (χ4v) is 1.93. The second-order valence-electron chi connectivity index (χ2n) is 4.12. The summed E-state index contributed by atoms with van der Waals surface area (Å²) in [4.78, 5) is 20.0. The van der Waals surface area contributed by atoms with Crippen molar-refractivity contribution < 1.29 is 4.79 Å². The van der Waals surface area contributed by atoms with E-state index in [1.807, 2.05) is 31.2 Å². The maximum Gasteiger partial charge on any atom is 0.242 e. The van der Waals surface area contributed by atoms with Crippen LogP contribution in [0.3, 0.4) is 0 Å². The number of carbonyl (C=O) groups excluding carboxylic acids is 1. The molecule has 1 unspecified atom stereocenters. The van der Waals surface area contributed by atoms with Crippen molar-refractivity contribution in [1.29, 1.82) is 0 Å². The smallest absolute Gasteiger partial charge is 0.242 e. The van der Waals surface area contributed by atoms with E-state index in [1.54, 1.807) is 6.92 Å². The molecule has 1 amide bonds. The van der Waals surface area contributed by atoms with Crippen molar-refractivity contribution in [3.8, 4) is 0 Å². The molecule has 0 aliphatic carbocycles. The van der Waals surface area contributed by atoms with Crippen LogP contribution in [0.2, 0.25) is 5.28 Å². The zero-order chi connectivity index (χ0) is 13.8. The monoisotopic (exact) mass is 278 g/mol. The number of amides is 1. The number of rotatable bonds is 4. The van der Waals surface area contributed by atoms with Gasteiger partial charge in [0.2, 0.25) is 11.2 Å². The largest absolute Gasteiger partial charge is 0.358 e. The summed E-state index contributed by atoms with van der Waals surface area (Å²) < 4.78 is 0. The minimum Gasteiger partial charge on any atom is -0.358 e. The molecule has 0 saturated heterocycles. The third kappa shape index (κ3) is 3.12. The van der Waals surface area contributed by atoms with E-state index in [9.17, 15) is 4.79 Å². The quantitative estimate of drug-likeness (QED) is 0.842. The third-order valence-electron chi connectivity index (χ3n) is 2.67. The van der Waals surface area contributed by atoms with Crippen LogP contribution in [0.25, 0.3) is 10.9 Å². The molecule has 2 rings (SSSR count). The molecule has 0 fully saturated rings. The summed E-state index contributed by atoms with van der Waals surface area (Å²) in [5.41, 5.74) is 0.744. The average Bonchev–Trinajstić information content (AvgIpc) is 2.38. The first kappa shape index (κ1) is 13.5. The molecule has 19 heavy (non-hydrogen) atoms. The van der Waals surface area contributed by atoms with Crippen molar-refractivity contribution in [3.05, 3.63) is 29.5 Å². The number of aromatic nitrogens is 2. The Balaban J connectivity index is 2.32. The second kappa shape index (κ2) is 5.84. The van der Waals surface area contributed by atoms with E-state index < -0.39 is 6.04 Å². The molecular formula is C13H15ClN4O. The van der Waals surface area contributed by atoms with Gasteiger partial charge in [-0.25, -0.2) is 9.97 Å². The van der Waals surface area contributed by atoms with Crippen LogP contribution in [-0.2, 0) is 4.79 Å². The zero-order valence-corrected chi connectivity index (χ0v) is 11.5. The molecular weight excluding hydrogens is 264 g/mol. The van der Waals surface area contributed by atoms with Gasteiger partial charge >= 0.3 is 0 Å². The number of para-hydroxylation sites is 1. The van der Waals surface area contributed by atoms with E-state index >= 15 is 0 Å². The van der Waals surface area contributed by atoms with Crippen molar-refractivity contribution in [1.82, 2.24) is 15.3 Å². The lowest BCUT2D eigenvalue weighted by atomic mass is 10.2. The normalized spacial score (nSPS) is 12.2. The Labute approximate surface area is 116 Å². The van der Waals surface area contributed by atoms with Gasteiger partial charge in [0.1, 0.15) is 11.9 Å². The molecule has 0 aliphatic heterocycles. The van der Waals surface area contributed by atoms with E-state index in [2.05, 4.69) is 20.6 Å². The molecule has 1 aromatic carbocycles. The van der Waals surface area contributed by atoms with E-state index in [4.69, 9.17) is 11.6 Å². The van der Waals surface area contributed by atoms with E-state index in [-0.39, 0.29) is 11.2 Å². The number of likely N-dealkylation sites (N-methyl/N-ethyl adjacent to an activating group) is 1. The highest BCUT2D eigenvalue weighted by atomic mass is 35.5. The van der Waals surface area contributed by atoms with Crippen molar-refractivity contribution in [3.63, 3.8) is 0 Å². The molecule has 1 atom stereocenters. The number of anilines is 1. The number of nitrogens with zero attached hydrogens (tertiary/aromatic N) is 2. The van der Waals surface area contributed by atoms with Gasteiger partial charge in [-0.15, -0.1) is 0 Å². The lowest BCUT2D eigenvalue weighted by Gasteiger charge is -2.15. The fraction of sp³-hybridized carbons (Fsp3) is 0.308. The topological polar surface area (TPSA) is 66.9 Å². The predicted molar refractivity (Wildman–Crippen MR) is 76.3 cm³/mol. The van der Waals surface area contributed by atoms with Gasteiger partial charge in [0.15, 0.2) is 0 Å². The first-order valence-corrected chi connectivity index (χ1v) is 6.46. The molecule has 0 radical (unpaired) electrons. The van der Waals surface area contributed by atoms with Gasteiger partial charge < -0.3 is 10.6 Å². The van der Waals surface area contributed by atoms with Crippen LogP contribution in [0.1, 0.15) is 13.8 Å². The van der Waals surface area contributed by atoms with Crippen LogP contribution >= 0.6 is 11.6 Å². The van der Waals surface area contributed by atoms with Gasteiger partial charge in [-0.05, 0) is 37.6 Å². The fourth-order valence-electron chi connectivity index (χ4n) is 1.76. The Kier molecular flexibility index (Phi) is 4.16.